The van der Waals surface area contributed by atoms with Gasteiger partial charge in [0, 0.05) is 17.2 Å². The molecule has 1 atom stereocenters. The quantitative estimate of drug-likeness (QED) is 0.658. The molecular formula is C25H30N2. The Bertz CT molecular complexity index is 855. The molecule has 0 radical (unpaired) electrons. The van der Waals surface area contributed by atoms with Gasteiger partial charge in [-0.3, -0.25) is 4.99 Å². The average molecular weight is 359 g/mol. The van der Waals surface area contributed by atoms with Crippen molar-refractivity contribution in [2.45, 2.75) is 40.0 Å². The van der Waals surface area contributed by atoms with Crippen LogP contribution < -0.4 is 5.32 Å². The van der Waals surface area contributed by atoms with Gasteiger partial charge < -0.3 is 5.32 Å². The van der Waals surface area contributed by atoms with E-state index in [1.54, 1.807) is 0 Å². The average Bonchev–Trinajstić information content (AvgIpc) is 3.02. The first-order chi connectivity index (χ1) is 13.0. The van der Waals surface area contributed by atoms with Crippen molar-refractivity contribution in [2.24, 2.45) is 10.9 Å². The van der Waals surface area contributed by atoms with Crippen LogP contribution in [-0.4, -0.2) is 12.3 Å². The van der Waals surface area contributed by atoms with Gasteiger partial charge >= 0.3 is 0 Å². The number of hydrogen-bond donors (Lipinski definition) is 1. The van der Waals surface area contributed by atoms with Gasteiger partial charge in [-0.25, -0.2) is 0 Å². The standard InChI is InChI=1S/C25H30N2/c1-17(2)15-21-11-13-22(14-12-21)19(4)20(5)27-24-18(3)16-26-25(24)23-9-7-6-8-10-23/h6-14,17,19,27H,5,15-16H2,1-4H3. The molecule has 1 aliphatic heterocycles. The number of nitrogens with one attached hydrogen (secondary N) is 1. The van der Waals surface area contributed by atoms with Gasteiger partial charge in [-0.1, -0.05) is 81.9 Å². The zero-order valence-electron chi connectivity index (χ0n) is 16.9. The van der Waals surface area contributed by atoms with Gasteiger partial charge in [0.15, 0.2) is 0 Å². The van der Waals surface area contributed by atoms with Crippen molar-refractivity contribution >= 4 is 5.71 Å². The molecule has 1 N–H and O–H groups in total. The largest absolute Gasteiger partial charge is 0.357 e. The summed E-state index contributed by atoms with van der Waals surface area (Å²) in [7, 11) is 0. The van der Waals surface area contributed by atoms with Gasteiger partial charge in [0.25, 0.3) is 0 Å². The SMILES string of the molecule is C=C(NC1=C(C)CN=C1c1ccccc1)C(C)c1ccc(CC(C)C)cc1. The number of allylic oxidation sites excluding steroid dienone is 2. The zero-order valence-corrected chi connectivity index (χ0v) is 16.9. The molecule has 0 saturated carbocycles. The summed E-state index contributed by atoms with van der Waals surface area (Å²) < 4.78 is 0. The second-order valence-corrected chi connectivity index (χ2v) is 7.90. The summed E-state index contributed by atoms with van der Waals surface area (Å²) in [5, 5.41) is 3.58. The van der Waals surface area contributed by atoms with Crippen LogP contribution in [0.1, 0.15) is 50.3 Å². The van der Waals surface area contributed by atoms with Gasteiger partial charge in [0.05, 0.1) is 18.0 Å². The first-order valence-electron chi connectivity index (χ1n) is 9.80. The van der Waals surface area contributed by atoms with Crippen molar-refractivity contribution in [3.8, 4) is 0 Å². The van der Waals surface area contributed by atoms with Crippen LogP contribution in [0.15, 0.2) is 83.1 Å². The summed E-state index contributed by atoms with van der Waals surface area (Å²) in [5.74, 6) is 0.911. The molecule has 0 bridgehead atoms. The molecule has 1 heterocycles. The molecule has 3 rings (SSSR count). The fourth-order valence-electron chi connectivity index (χ4n) is 3.44. The fraction of sp³-hybridized carbons (Fsp3) is 0.320. The van der Waals surface area contributed by atoms with E-state index in [1.165, 1.54) is 16.7 Å². The van der Waals surface area contributed by atoms with E-state index in [9.17, 15) is 0 Å². The molecule has 0 aromatic heterocycles. The first kappa shape index (κ1) is 19.2. The second-order valence-electron chi connectivity index (χ2n) is 7.90. The number of aliphatic imine (C=N–C) groups is 1. The maximum atomic E-state index is 4.73. The molecule has 0 saturated heterocycles. The highest BCUT2D eigenvalue weighted by Gasteiger charge is 2.20. The van der Waals surface area contributed by atoms with E-state index in [1.807, 2.05) is 6.07 Å². The number of benzene rings is 2. The molecule has 2 aromatic rings. The molecule has 2 heteroatoms. The molecule has 1 unspecified atom stereocenters. The van der Waals surface area contributed by atoms with Gasteiger partial charge in [-0.2, -0.15) is 0 Å². The highest BCUT2D eigenvalue weighted by atomic mass is 15.0. The molecule has 0 spiro atoms. The molecule has 2 aromatic carbocycles. The van der Waals surface area contributed by atoms with Crippen molar-refractivity contribution in [1.29, 1.82) is 0 Å². The van der Waals surface area contributed by atoms with Gasteiger partial charge in [-0.15, -0.1) is 0 Å². The maximum absolute atomic E-state index is 4.73. The molecule has 1 aliphatic rings. The van der Waals surface area contributed by atoms with Crippen LogP contribution in [0.3, 0.4) is 0 Å². The Morgan fingerprint density at radius 2 is 1.70 bits per heavy atom. The molecule has 0 fully saturated rings. The van der Waals surface area contributed by atoms with Crippen molar-refractivity contribution in [1.82, 2.24) is 5.32 Å². The third-order valence-electron chi connectivity index (χ3n) is 5.12. The zero-order chi connectivity index (χ0) is 19.4. The lowest BCUT2D eigenvalue weighted by molar-refractivity contribution is 0.647. The Balaban J connectivity index is 1.72. The van der Waals surface area contributed by atoms with Crippen LogP contribution in [0.5, 0.6) is 0 Å². The summed E-state index contributed by atoms with van der Waals surface area (Å²) in [6, 6.07) is 19.3. The van der Waals surface area contributed by atoms with E-state index in [0.717, 1.165) is 35.6 Å². The van der Waals surface area contributed by atoms with Crippen LogP contribution in [0.2, 0.25) is 0 Å². The van der Waals surface area contributed by atoms with Gasteiger partial charge in [-0.05, 0) is 36.0 Å². The highest BCUT2D eigenvalue weighted by Crippen LogP contribution is 2.26. The number of hydrogen-bond acceptors (Lipinski definition) is 2. The third-order valence-corrected chi connectivity index (χ3v) is 5.12. The Kier molecular flexibility index (Phi) is 5.95. The van der Waals surface area contributed by atoms with Crippen LogP contribution >= 0.6 is 0 Å². The van der Waals surface area contributed by atoms with Gasteiger partial charge in [0.2, 0.25) is 0 Å². The Morgan fingerprint density at radius 3 is 2.33 bits per heavy atom. The van der Waals surface area contributed by atoms with E-state index >= 15 is 0 Å². The van der Waals surface area contributed by atoms with Crippen LogP contribution in [-0.2, 0) is 6.42 Å². The maximum Gasteiger partial charge on any atom is 0.0885 e. The molecule has 0 aliphatic carbocycles. The fourth-order valence-corrected chi connectivity index (χ4v) is 3.44. The summed E-state index contributed by atoms with van der Waals surface area (Å²) in [6.07, 6.45) is 1.12. The Hall–Kier alpha value is -2.61. The Labute approximate surface area is 163 Å². The van der Waals surface area contributed by atoms with E-state index in [0.29, 0.717) is 5.92 Å². The van der Waals surface area contributed by atoms with Crippen molar-refractivity contribution in [2.75, 3.05) is 6.54 Å². The molecule has 140 valence electrons. The minimum Gasteiger partial charge on any atom is -0.357 e. The third kappa shape index (κ3) is 4.57. The predicted octanol–water partition coefficient (Wildman–Crippen LogP) is 5.87. The minimum absolute atomic E-state index is 0.232. The second kappa shape index (κ2) is 8.39. The lowest BCUT2D eigenvalue weighted by Crippen LogP contribution is -2.22. The summed E-state index contributed by atoms with van der Waals surface area (Å²) in [5.41, 5.74) is 8.24. The van der Waals surface area contributed by atoms with Crippen LogP contribution in [0, 0.1) is 5.92 Å². The van der Waals surface area contributed by atoms with E-state index in [4.69, 9.17) is 4.99 Å². The lowest BCUT2D eigenvalue weighted by atomic mass is 9.94. The smallest absolute Gasteiger partial charge is 0.0885 e. The molecule has 27 heavy (non-hydrogen) atoms. The van der Waals surface area contributed by atoms with Crippen LogP contribution in [0.25, 0.3) is 0 Å². The van der Waals surface area contributed by atoms with Crippen molar-refractivity contribution in [3.05, 3.63) is 94.8 Å². The number of nitrogens with zero attached hydrogens (tertiary/aromatic N) is 1. The minimum atomic E-state index is 0.232. The topological polar surface area (TPSA) is 24.4 Å². The van der Waals surface area contributed by atoms with Gasteiger partial charge in [0.1, 0.15) is 0 Å². The van der Waals surface area contributed by atoms with E-state index < -0.39 is 0 Å². The highest BCUT2D eigenvalue weighted by molar-refractivity contribution is 6.14. The normalized spacial score (nSPS) is 15.1. The molecule has 2 nitrogen and oxygen atoms in total. The first-order valence-corrected chi connectivity index (χ1v) is 9.80. The summed E-state index contributed by atoms with van der Waals surface area (Å²) in [4.78, 5) is 4.73. The predicted molar refractivity (Wildman–Crippen MR) is 116 cm³/mol. The monoisotopic (exact) mass is 358 g/mol. The van der Waals surface area contributed by atoms with Crippen molar-refractivity contribution < 1.29 is 0 Å². The summed E-state index contributed by atoms with van der Waals surface area (Å²) in [6.45, 7) is 13.9. The van der Waals surface area contributed by atoms with Crippen LogP contribution in [0.4, 0.5) is 0 Å². The van der Waals surface area contributed by atoms with E-state index in [-0.39, 0.29) is 5.92 Å². The van der Waals surface area contributed by atoms with Crippen molar-refractivity contribution in [3.63, 3.8) is 0 Å². The van der Waals surface area contributed by atoms with E-state index in [2.05, 4.69) is 88.1 Å². The lowest BCUT2D eigenvalue weighted by Gasteiger charge is -2.20. The number of rotatable bonds is 7. The Morgan fingerprint density at radius 1 is 1.04 bits per heavy atom. The summed E-state index contributed by atoms with van der Waals surface area (Å²) >= 11 is 0. The molecule has 0 amide bonds. The molecular weight excluding hydrogens is 328 g/mol.